The summed E-state index contributed by atoms with van der Waals surface area (Å²) in [5.41, 5.74) is 1.21. The molecular weight excluding hydrogens is 280 g/mol. The van der Waals surface area contributed by atoms with Crippen LogP contribution in [0.4, 0.5) is 9.59 Å². The van der Waals surface area contributed by atoms with Crippen LogP contribution in [0.5, 0.6) is 0 Å². The summed E-state index contributed by atoms with van der Waals surface area (Å²) in [7, 11) is 0. The van der Waals surface area contributed by atoms with Crippen molar-refractivity contribution < 1.29 is 19.1 Å². The fourth-order valence-corrected chi connectivity index (χ4v) is 3.49. The first-order valence-electron chi connectivity index (χ1n) is 6.85. The topological polar surface area (TPSA) is 59.1 Å². The van der Waals surface area contributed by atoms with Gasteiger partial charge in [0.05, 0.1) is 25.8 Å². The predicted molar refractivity (Wildman–Crippen MR) is 76.4 cm³/mol. The standard InChI is InChI=1S/C13H20N2O4S/c1-3-18-12(16)14-7-5-10-6-8-20-9-11(10)15(14)13(17)19-4-2/h5,11H,3-4,6-9H2,1-2H3/t11-/m1/s1. The average Bonchev–Trinajstić information content (AvgIpc) is 2.46. The number of hydrogen-bond acceptors (Lipinski definition) is 5. The summed E-state index contributed by atoms with van der Waals surface area (Å²) in [4.78, 5) is 24.2. The number of nitrogens with zero attached hydrogens (tertiary/aromatic N) is 2. The number of carbonyl (C=O) groups excluding carboxylic acids is 2. The molecule has 2 rings (SSSR count). The van der Waals surface area contributed by atoms with Gasteiger partial charge in [-0.2, -0.15) is 11.8 Å². The Morgan fingerprint density at radius 1 is 1.30 bits per heavy atom. The van der Waals surface area contributed by atoms with Gasteiger partial charge in [-0.25, -0.2) is 19.6 Å². The van der Waals surface area contributed by atoms with Gasteiger partial charge in [-0.3, -0.25) is 0 Å². The molecular formula is C13H20N2O4S. The van der Waals surface area contributed by atoms with E-state index in [1.54, 1.807) is 25.6 Å². The molecule has 20 heavy (non-hydrogen) atoms. The summed E-state index contributed by atoms with van der Waals surface area (Å²) in [5, 5.41) is 2.75. The highest BCUT2D eigenvalue weighted by atomic mass is 32.2. The predicted octanol–water partition coefficient (Wildman–Crippen LogP) is 2.26. The molecule has 0 bridgehead atoms. The number of hydrogen-bond donors (Lipinski definition) is 0. The van der Waals surface area contributed by atoms with E-state index in [4.69, 9.17) is 9.47 Å². The third-order valence-electron chi connectivity index (χ3n) is 3.25. The SMILES string of the molecule is CCOC(=O)N1CC=C2CCSC[C@H]2N1C(=O)OCC. The molecule has 2 aliphatic rings. The van der Waals surface area contributed by atoms with E-state index in [1.807, 2.05) is 6.08 Å². The second-order valence-electron chi connectivity index (χ2n) is 4.44. The van der Waals surface area contributed by atoms with Gasteiger partial charge in [0.15, 0.2) is 0 Å². The highest BCUT2D eigenvalue weighted by molar-refractivity contribution is 7.99. The normalized spacial score (nSPS) is 21.9. The fourth-order valence-electron chi connectivity index (χ4n) is 2.36. The van der Waals surface area contributed by atoms with Crippen LogP contribution < -0.4 is 0 Å². The minimum Gasteiger partial charge on any atom is -0.448 e. The zero-order valence-corrected chi connectivity index (χ0v) is 12.6. The molecule has 0 spiro atoms. The lowest BCUT2D eigenvalue weighted by atomic mass is 10.0. The van der Waals surface area contributed by atoms with Crippen molar-refractivity contribution >= 4 is 23.9 Å². The first-order valence-corrected chi connectivity index (χ1v) is 8.01. The Balaban J connectivity index is 2.23. The molecule has 0 radical (unpaired) electrons. The fraction of sp³-hybridized carbons (Fsp3) is 0.692. The molecule has 0 aromatic heterocycles. The summed E-state index contributed by atoms with van der Waals surface area (Å²) < 4.78 is 10.1. The van der Waals surface area contributed by atoms with Crippen LogP contribution in [0.2, 0.25) is 0 Å². The van der Waals surface area contributed by atoms with Crippen molar-refractivity contribution in [1.29, 1.82) is 0 Å². The minimum absolute atomic E-state index is 0.106. The molecule has 0 aromatic carbocycles. The molecule has 2 aliphatic heterocycles. The molecule has 7 heteroatoms. The van der Waals surface area contributed by atoms with Crippen molar-refractivity contribution in [1.82, 2.24) is 10.0 Å². The van der Waals surface area contributed by atoms with Gasteiger partial charge in [0.1, 0.15) is 0 Å². The Morgan fingerprint density at radius 3 is 2.70 bits per heavy atom. The van der Waals surface area contributed by atoms with E-state index in [-0.39, 0.29) is 19.3 Å². The largest absolute Gasteiger partial charge is 0.448 e. The van der Waals surface area contributed by atoms with Gasteiger partial charge in [-0.05, 0) is 31.6 Å². The van der Waals surface area contributed by atoms with E-state index in [2.05, 4.69) is 0 Å². The molecule has 2 amide bonds. The van der Waals surface area contributed by atoms with Gasteiger partial charge in [0.2, 0.25) is 0 Å². The Morgan fingerprint density at radius 2 is 2.00 bits per heavy atom. The van der Waals surface area contributed by atoms with Crippen molar-refractivity contribution in [3.8, 4) is 0 Å². The first kappa shape index (κ1) is 15.0. The molecule has 1 fully saturated rings. The molecule has 0 saturated carbocycles. The number of rotatable bonds is 2. The molecule has 1 saturated heterocycles. The average molecular weight is 300 g/mol. The van der Waals surface area contributed by atoms with E-state index < -0.39 is 12.2 Å². The number of ether oxygens (including phenoxy) is 2. The highest BCUT2D eigenvalue weighted by Gasteiger charge is 2.39. The smallest absolute Gasteiger partial charge is 0.429 e. The van der Waals surface area contributed by atoms with Gasteiger partial charge >= 0.3 is 12.2 Å². The number of fused-ring (bicyclic) bond motifs is 1. The van der Waals surface area contributed by atoms with Crippen LogP contribution >= 0.6 is 11.8 Å². The van der Waals surface area contributed by atoms with Gasteiger partial charge < -0.3 is 9.47 Å². The molecule has 112 valence electrons. The van der Waals surface area contributed by atoms with Crippen LogP contribution in [-0.4, -0.2) is 59.5 Å². The molecule has 2 heterocycles. The third-order valence-corrected chi connectivity index (χ3v) is 4.30. The number of thioether (sulfide) groups is 1. The zero-order valence-electron chi connectivity index (χ0n) is 11.8. The molecule has 0 N–H and O–H groups in total. The summed E-state index contributed by atoms with van der Waals surface area (Å²) in [6, 6.07) is -0.106. The van der Waals surface area contributed by atoms with Crippen molar-refractivity contribution in [2.75, 3.05) is 31.3 Å². The maximum Gasteiger partial charge on any atom is 0.429 e. The van der Waals surface area contributed by atoms with E-state index in [9.17, 15) is 9.59 Å². The van der Waals surface area contributed by atoms with Crippen LogP contribution in [0.1, 0.15) is 20.3 Å². The Bertz CT molecular complexity index is 413. The maximum atomic E-state index is 12.2. The van der Waals surface area contributed by atoms with Gasteiger partial charge in [-0.1, -0.05) is 6.08 Å². The monoisotopic (exact) mass is 300 g/mol. The number of hydrazine groups is 1. The molecule has 0 aromatic rings. The maximum absolute atomic E-state index is 12.2. The molecule has 1 atom stereocenters. The molecule has 0 unspecified atom stereocenters. The summed E-state index contributed by atoms with van der Waals surface area (Å²) in [6.45, 7) is 4.41. The van der Waals surface area contributed by atoms with Crippen molar-refractivity contribution in [3.05, 3.63) is 11.6 Å². The van der Waals surface area contributed by atoms with Crippen molar-refractivity contribution in [2.24, 2.45) is 0 Å². The Kier molecular flexibility index (Phi) is 5.17. The zero-order chi connectivity index (χ0) is 14.5. The molecule has 0 aliphatic carbocycles. The van der Waals surface area contributed by atoms with Crippen molar-refractivity contribution in [2.45, 2.75) is 26.3 Å². The van der Waals surface area contributed by atoms with Crippen LogP contribution in [-0.2, 0) is 9.47 Å². The molecule has 6 nitrogen and oxygen atoms in total. The van der Waals surface area contributed by atoms with E-state index >= 15 is 0 Å². The van der Waals surface area contributed by atoms with Crippen LogP contribution in [0, 0.1) is 0 Å². The summed E-state index contributed by atoms with van der Waals surface area (Å²) in [5.74, 6) is 1.83. The van der Waals surface area contributed by atoms with E-state index in [0.29, 0.717) is 6.54 Å². The summed E-state index contributed by atoms with van der Waals surface area (Å²) in [6.07, 6.45) is 1.98. The minimum atomic E-state index is -0.508. The lowest BCUT2D eigenvalue weighted by Gasteiger charge is -2.43. The Hall–Kier alpha value is -1.37. The van der Waals surface area contributed by atoms with Gasteiger partial charge in [0, 0.05) is 5.75 Å². The van der Waals surface area contributed by atoms with E-state index in [0.717, 1.165) is 17.9 Å². The van der Waals surface area contributed by atoms with Crippen molar-refractivity contribution in [3.63, 3.8) is 0 Å². The number of carbonyl (C=O) groups is 2. The summed E-state index contributed by atoms with van der Waals surface area (Å²) >= 11 is 1.78. The highest BCUT2D eigenvalue weighted by Crippen LogP contribution is 2.31. The van der Waals surface area contributed by atoms with Crippen LogP contribution in [0.15, 0.2) is 11.6 Å². The van der Waals surface area contributed by atoms with E-state index in [1.165, 1.54) is 15.6 Å². The lowest BCUT2D eigenvalue weighted by Crippen LogP contribution is -2.59. The lowest BCUT2D eigenvalue weighted by molar-refractivity contribution is -0.0324. The number of amides is 2. The van der Waals surface area contributed by atoms with Gasteiger partial charge in [0.25, 0.3) is 0 Å². The third kappa shape index (κ3) is 3.03. The second kappa shape index (κ2) is 6.88. The van der Waals surface area contributed by atoms with Crippen LogP contribution in [0.3, 0.4) is 0 Å². The van der Waals surface area contributed by atoms with Crippen LogP contribution in [0.25, 0.3) is 0 Å². The second-order valence-corrected chi connectivity index (χ2v) is 5.59. The first-order chi connectivity index (χ1) is 9.69. The van der Waals surface area contributed by atoms with Gasteiger partial charge in [-0.15, -0.1) is 0 Å². The Labute approximate surface area is 123 Å². The quantitative estimate of drug-likeness (QED) is 0.732.